The fourth-order valence-corrected chi connectivity index (χ4v) is 2.70. The van der Waals surface area contributed by atoms with Gasteiger partial charge in [0.1, 0.15) is 5.75 Å². The van der Waals surface area contributed by atoms with Crippen molar-refractivity contribution in [2.24, 2.45) is 0 Å². The third kappa shape index (κ3) is 6.64. The van der Waals surface area contributed by atoms with Gasteiger partial charge in [-0.05, 0) is 62.4 Å². The Bertz CT molecular complexity index is 831. The summed E-state index contributed by atoms with van der Waals surface area (Å²) in [4.78, 5) is 37.5. The first-order valence-corrected chi connectivity index (χ1v) is 9.52. The molecule has 0 radical (unpaired) electrons. The number of esters is 1. The van der Waals surface area contributed by atoms with Crippen molar-refractivity contribution in [1.82, 2.24) is 0 Å². The van der Waals surface area contributed by atoms with Crippen LogP contribution in [0.1, 0.15) is 37.6 Å². The number of hydrogen-bond acceptors (Lipinski definition) is 5. The van der Waals surface area contributed by atoms with E-state index in [0.29, 0.717) is 30.2 Å². The van der Waals surface area contributed by atoms with E-state index < -0.39 is 5.97 Å². The molecule has 2 amide bonds. The highest BCUT2D eigenvalue weighted by Crippen LogP contribution is 2.20. The van der Waals surface area contributed by atoms with E-state index in [2.05, 4.69) is 5.32 Å². The molecule has 0 heterocycles. The van der Waals surface area contributed by atoms with Crippen molar-refractivity contribution in [1.29, 1.82) is 0 Å². The van der Waals surface area contributed by atoms with Gasteiger partial charge in [-0.25, -0.2) is 4.79 Å². The second-order valence-corrected chi connectivity index (χ2v) is 6.19. The van der Waals surface area contributed by atoms with Gasteiger partial charge < -0.3 is 19.7 Å². The molecular formula is C22H26N2O5. The molecule has 1 N–H and O–H groups in total. The second-order valence-electron chi connectivity index (χ2n) is 6.19. The summed E-state index contributed by atoms with van der Waals surface area (Å²) < 4.78 is 10.3. The molecule has 2 aromatic carbocycles. The van der Waals surface area contributed by atoms with E-state index >= 15 is 0 Å². The van der Waals surface area contributed by atoms with Gasteiger partial charge >= 0.3 is 5.97 Å². The zero-order chi connectivity index (χ0) is 21.2. The lowest BCUT2D eigenvalue weighted by Crippen LogP contribution is -2.31. The summed E-state index contributed by atoms with van der Waals surface area (Å²) in [6.07, 6.45) is 0.131. The SMILES string of the molecule is CCOC(=O)c1ccc(NC(=O)CCN(C(C)=O)c2ccc(OCC)cc2)cc1. The maximum atomic E-state index is 12.3. The van der Waals surface area contributed by atoms with Gasteiger partial charge in [-0.3, -0.25) is 9.59 Å². The summed E-state index contributed by atoms with van der Waals surface area (Å²) in [5.74, 6) is -0.0617. The Labute approximate surface area is 170 Å². The minimum Gasteiger partial charge on any atom is -0.494 e. The number of ether oxygens (including phenoxy) is 2. The number of rotatable bonds is 9. The Hall–Kier alpha value is -3.35. The van der Waals surface area contributed by atoms with E-state index in [4.69, 9.17) is 9.47 Å². The van der Waals surface area contributed by atoms with Crippen LogP contribution in [0.15, 0.2) is 48.5 Å². The van der Waals surface area contributed by atoms with E-state index in [1.807, 2.05) is 6.92 Å². The van der Waals surface area contributed by atoms with Crippen molar-refractivity contribution >= 4 is 29.2 Å². The Kier molecular flexibility index (Phi) is 8.21. The molecule has 0 aliphatic heterocycles. The van der Waals surface area contributed by atoms with Crippen molar-refractivity contribution in [3.05, 3.63) is 54.1 Å². The summed E-state index contributed by atoms with van der Waals surface area (Å²) in [5, 5.41) is 2.76. The molecule has 0 aliphatic carbocycles. The molecule has 29 heavy (non-hydrogen) atoms. The average molecular weight is 398 g/mol. The van der Waals surface area contributed by atoms with Crippen LogP contribution in [0.2, 0.25) is 0 Å². The number of anilines is 2. The highest BCUT2D eigenvalue weighted by atomic mass is 16.5. The Balaban J connectivity index is 1.93. The number of benzene rings is 2. The smallest absolute Gasteiger partial charge is 0.338 e. The Morgan fingerprint density at radius 2 is 1.59 bits per heavy atom. The largest absolute Gasteiger partial charge is 0.494 e. The van der Waals surface area contributed by atoms with Gasteiger partial charge in [-0.1, -0.05) is 0 Å². The zero-order valence-electron chi connectivity index (χ0n) is 16.9. The minimum absolute atomic E-state index is 0.131. The lowest BCUT2D eigenvalue weighted by molar-refractivity contribution is -0.117. The van der Waals surface area contributed by atoms with Gasteiger partial charge in [0.05, 0.1) is 18.8 Å². The Morgan fingerprint density at radius 3 is 2.14 bits per heavy atom. The van der Waals surface area contributed by atoms with Crippen LogP contribution < -0.4 is 15.0 Å². The topological polar surface area (TPSA) is 84.9 Å². The molecule has 0 fully saturated rings. The maximum absolute atomic E-state index is 12.3. The van der Waals surface area contributed by atoms with Gasteiger partial charge in [-0.2, -0.15) is 0 Å². The van der Waals surface area contributed by atoms with Crippen molar-refractivity contribution < 1.29 is 23.9 Å². The predicted octanol–water partition coefficient (Wildman–Crippen LogP) is 3.64. The molecule has 154 valence electrons. The van der Waals surface area contributed by atoms with Crippen LogP contribution in [-0.4, -0.2) is 37.5 Å². The summed E-state index contributed by atoms with van der Waals surface area (Å²) in [7, 11) is 0. The molecule has 7 nitrogen and oxygen atoms in total. The van der Waals surface area contributed by atoms with E-state index in [9.17, 15) is 14.4 Å². The van der Waals surface area contributed by atoms with Crippen molar-refractivity contribution in [2.75, 3.05) is 30.0 Å². The van der Waals surface area contributed by atoms with Gasteiger partial charge in [-0.15, -0.1) is 0 Å². The first-order valence-electron chi connectivity index (χ1n) is 9.52. The molecule has 2 aromatic rings. The summed E-state index contributed by atoms with van der Waals surface area (Å²) in [5.41, 5.74) is 1.69. The van der Waals surface area contributed by atoms with Crippen molar-refractivity contribution in [3.8, 4) is 5.75 Å². The number of nitrogens with zero attached hydrogens (tertiary/aromatic N) is 1. The van der Waals surface area contributed by atoms with E-state index in [-0.39, 0.29) is 24.8 Å². The quantitative estimate of drug-likeness (QED) is 0.652. The van der Waals surface area contributed by atoms with Gasteiger partial charge in [0, 0.05) is 31.3 Å². The standard InChI is InChI=1S/C22H26N2O5/c1-4-28-20-12-10-19(11-13-20)24(16(3)25)15-14-21(26)23-18-8-6-17(7-9-18)22(27)29-5-2/h6-13H,4-5,14-15H2,1-3H3,(H,23,26). The monoisotopic (exact) mass is 398 g/mol. The molecule has 0 aromatic heterocycles. The first-order chi connectivity index (χ1) is 13.9. The maximum Gasteiger partial charge on any atom is 0.338 e. The third-order valence-electron chi connectivity index (χ3n) is 4.08. The van der Waals surface area contributed by atoms with Crippen LogP contribution in [0.4, 0.5) is 11.4 Å². The van der Waals surface area contributed by atoms with Crippen LogP contribution in [0, 0.1) is 0 Å². The zero-order valence-corrected chi connectivity index (χ0v) is 16.9. The van der Waals surface area contributed by atoms with E-state index in [1.54, 1.807) is 60.4 Å². The number of nitrogens with one attached hydrogen (secondary N) is 1. The van der Waals surface area contributed by atoms with Crippen LogP contribution in [0.3, 0.4) is 0 Å². The molecule has 0 atom stereocenters. The molecule has 2 rings (SSSR count). The summed E-state index contributed by atoms with van der Waals surface area (Å²) >= 11 is 0. The van der Waals surface area contributed by atoms with Crippen LogP contribution in [-0.2, 0) is 14.3 Å². The van der Waals surface area contributed by atoms with Gasteiger partial charge in [0.25, 0.3) is 0 Å². The summed E-state index contributed by atoms with van der Waals surface area (Å²) in [6.45, 7) is 6.22. The van der Waals surface area contributed by atoms with Crippen molar-refractivity contribution in [3.63, 3.8) is 0 Å². The molecule has 0 saturated heterocycles. The highest BCUT2D eigenvalue weighted by Gasteiger charge is 2.14. The molecule has 0 bridgehead atoms. The van der Waals surface area contributed by atoms with E-state index in [1.165, 1.54) is 6.92 Å². The van der Waals surface area contributed by atoms with E-state index in [0.717, 1.165) is 5.75 Å². The lowest BCUT2D eigenvalue weighted by Gasteiger charge is -2.21. The van der Waals surface area contributed by atoms with Crippen molar-refractivity contribution in [2.45, 2.75) is 27.2 Å². The average Bonchev–Trinajstić information content (AvgIpc) is 2.70. The Morgan fingerprint density at radius 1 is 0.931 bits per heavy atom. The van der Waals surface area contributed by atoms with Crippen LogP contribution in [0.25, 0.3) is 0 Å². The van der Waals surface area contributed by atoms with Gasteiger partial charge in [0.2, 0.25) is 11.8 Å². The molecule has 0 aliphatic rings. The molecule has 0 unspecified atom stereocenters. The molecule has 0 spiro atoms. The lowest BCUT2D eigenvalue weighted by atomic mass is 10.2. The predicted molar refractivity (Wildman–Crippen MR) is 111 cm³/mol. The normalized spacial score (nSPS) is 10.2. The first kappa shape index (κ1) is 21.9. The van der Waals surface area contributed by atoms with Crippen LogP contribution in [0.5, 0.6) is 5.75 Å². The highest BCUT2D eigenvalue weighted by molar-refractivity contribution is 5.95. The van der Waals surface area contributed by atoms with Crippen LogP contribution >= 0.6 is 0 Å². The van der Waals surface area contributed by atoms with Gasteiger partial charge in [0.15, 0.2) is 0 Å². The molecule has 0 saturated carbocycles. The fourth-order valence-electron chi connectivity index (χ4n) is 2.70. The summed E-state index contributed by atoms with van der Waals surface area (Å²) in [6, 6.07) is 13.6. The minimum atomic E-state index is -0.405. The fraction of sp³-hybridized carbons (Fsp3) is 0.318. The second kappa shape index (κ2) is 10.8. The number of carbonyl (C=O) groups is 3. The number of carbonyl (C=O) groups excluding carboxylic acids is 3. The number of hydrogen-bond donors (Lipinski definition) is 1. The number of amides is 2. The molecular weight excluding hydrogens is 372 g/mol. The molecule has 7 heteroatoms. The third-order valence-corrected chi connectivity index (χ3v) is 4.08.